The van der Waals surface area contributed by atoms with Crippen molar-refractivity contribution in [2.75, 3.05) is 4.72 Å². The van der Waals surface area contributed by atoms with E-state index in [1.807, 2.05) is 0 Å². The number of rotatable bonds is 0. The highest BCUT2D eigenvalue weighted by atomic mass is 127. The molecule has 0 unspecified atom stereocenters. The SMILES string of the molecule is Ic1cccc2c1-c1ccccc1NS2. The second-order valence-corrected chi connectivity index (χ2v) is 5.37. The number of halogens is 1. The van der Waals surface area contributed by atoms with Crippen LogP contribution in [0.15, 0.2) is 47.4 Å². The summed E-state index contributed by atoms with van der Waals surface area (Å²) in [4.78, 5) is 1.31. The van der Waals surface area contributed by atoms with Gasteiger partial charge in [0.15, 0.2) is 0 Å². The maximum atomic E-state index is 3.36. The van der Waals surface area contributed by atoms with E-state index < -0.39 is 0 Å². The standard InChI is InChI=1S/C12H8INS/c13-9-5-3-7-11-12(9)8-4-1-2-6-10(8)14-15-11/h1-7,14H. The zero-order chi connectivity index (χ0) is 10.3. The van der Waals surface area contributed by atoms with Crippen molar-refractivity contribution >= 4 is 40.2 Å². The van der Waals surface area contributed by atoms with Crippen LogP contribution in [0.1, 0.15) is 0 Å². The van der Waals surface area contributed by atoms with Gasteiger partial charge in [-0.3, -0.25) is 0 Å². The van der Waals surface area contributed by atoms with Crippen molar-refractivity contribution in [3.05, 3.63) is 46.0 Å². The molecule has 0 saturated heterocycles. The molecule has 0 fully saturated rings. The highest BCUT2D eigenvalue weighted by molar-refractivity contribution is 14.1. The van der Waals surface area contributed by atoms with Gasteiger partial charge in [-0.05, 0) is 52.7 Å². The number of fused-ring (bicyclic) bond motifs is 3. The Kier molecular flexibility index (Phi) is 2.36. The van der Waals surface area contributed by atoms with E-state index >= 15 is 0 Å². The predicted octanol–water partition coefficient (Wildman–Crippen LogP) is 4.39. The fraction of sp³-hybridized carbons (Fsp3) is 0. The van der Waals surface area contributed by atoms with Gasteiger partial charge in [-0.2, -0.15) is 0 Å². The van der Waals surface area contributed by atoms with Gasteiger partial charge in [-0.25, -0.2) is 0 Å². The highest BCUT2D eigenvalue weighted by Gasteiger charge is 2.17. The summed E-state index contributed by atoms with van der Waals surface area (Å²) in [5.41, 5.74) is 3.87. The average molecular weight is 325 g/mol. The Bertz CT molecular complexity index is 525. The van der Waals surface area contributed by atoms with Gasteiger partial charge in [0.1, 0.15) is 0 Å². The van der Waals surface area contributed by atoms with Crippen molar-refractivity contribution in [1.29, 1.82) is 0 Å². The first-order valence-electron chi connectivity index (χ1n) is 4.67. The van der Waals surface area contributed by atoms with Crippen LogP contribution in [0, 0.1) is 3.57 Å². The molecular weight excluding hydrogens is 317 g/mol. The maximum Gasteiger partial charge on any atom is 0.0522 e. The van der Waals surface area contributed by atoms with E-state index in [2.05, 4.69) is 69.8 Å². The first kappa shape index (κ1) is 9.54. The van der Waals surface area contributed by atoms with E-state index in [4.69, 9.17) is 0 Å². The molecule has 74 valence electrons. The minimum absolute atomic E-state index is 1.21. The summed E-state index contributed by atoms with van der Waals surface area (Å²) in [6.07, 6.45) is 0. The first-order chi connectivity index (χ1) is 7.36. The lowest BCUT2D eigenvalue weighted by molar-refractivity contribution is 1.40. The van der Waals surface area contributed by atoms with E-state index in [1.165, 1.54) is 25.3 Å². The number of nitrogens with one attached hydrogen (secondary N) is 1. The number of para-hydroxylation sites is 1. The van der Waals surface area contributed by atoms with Gasteiger partial charge in [0, 0.05) is 19.6 Å². The molecule has 0 bridgehead atoms. The molecule has 0 radical (unpaired) electrons. The molecule has 0 aromatic heterocycles. The predicted molar refractivity (Wildman–Crippen MR) is 74.1 cm³/mol. The molecule has 0 atom stereocenters. The summed E-state index contributed by atoms with van der Waals surface area (Å²) in [5, 5.41) is 0. The van der Waals surface area contributed by atoms with Gasteiger partial charge >= 0.3 is 0 Å². The van der Waals surface area contributed by atoms with E-state index in [0.29, 0.717) is 0 Å². The number of hydrogen-bond donors (Lipinski definition) is 1. The monoisotopic (exact) mass is 325 g/mol. The molecule has 2 aromatic rings. The molecule has 0 spiro atoms. The third-order valence-electron chi connectivity index (χ3n) is 2.44. The Hall–Kier alpha value is -0.680. The van der Waals surface area contributed by atoms with E-state index in [-0.39, 0.29) is 0 Å². The van der Waals surface area contributed by atoms with Gasteiger partial charge in [-0.1, -0.05) is 24.3 Å². The molecular formula is C12H8INS. The lowest BCUT2D eigenvalue weighted by atomic mass is 10.0. The Balaban J connectivity index is 2.33. The van der Waals surface area contributed by atoms with Crippen LogP contribution >= 0.6 is 34.5 Å². The average Bonchev–Trinajstić information content (AvgIpc) is 2.29. The van der Waals surface area contributed by atoms with Crippen LogP contribution in [-0.4, -0.2) is 0 Å². The maximum absolute atomic E-state index is 3.36. The lowest BCUT2D eigenvalue weighted by Crippen LogP contribution is -1.99. The zero-order valence-electron chi connectivity index (χ0n) is 7.83. The minimum Gasteiger partial charge on any atom is -0.325 e. The summed E-state index contributed by atoms with van der Waals surface area (Å²) in [5.74, 6) is 0. The molecule has 1 nitrogen and oxygen atoms in total. The quantitative estimate of drug-likeness (QED) is 0.569. The number of benzene rings is 2. The van der Waals surface area contributed by atoms with E-state index in [0.717, 1.165) is 0 Å². The molecule has 3 rings (SSSR count). The summed E-state index contributed by atoms with van der Waals surface area (Å²) >= 11 is 4.09. The molecule has 1 heterocycles. The topological polar surface area (TPSA) is 12.0 Å². The van der Waals surface area contributed by atoms with Gasteiger partial charge in [0.05, 0.1) is 5.69 Å². The molecule has 2 aromatic carbocycles. The number of hydrogen-bond acceptors (Lipinski definition) is 2. The van der Waals surface area contributed by atoms with Crippen LogP contribution in [0.4, 0.5) is 5.69 Å². The fourth-order valence-electron chi connectivity index (χ4n) is 1.75. The van der Waals surface area contributed by atoms with Crippen molar-refractivity contribution < 1.29 is 0 Å². The summed E-state index contributed by atoms with van der Waals surface area (Å²) in [7, 11) is 0. The molecule has 0 aliphatic carbocycles. The Morgan fingerprint density at radius 3 is 2.80 bits per heavy atom. The van der Waals surface area contributed by atoms with Gasteiger partial charge in [0.25, 0.3) is 0 Å². The molecule has 1 aliphatic rings. The van der Waals surface area contributed by atoms with Crippen LogP contribution in [0.3, 0.4) is 0 Å². The van der Waals surface area contributed by atoms with Crippen LogP contribution in [0.25, 0.3) is 11.1 Å². The van der Waals surface area contributed by atoms with E-state index in [9.17, 15) is 0 Å². The Morgan fingerprint density at radius 1 is 1.00 bits per heavy atom. The van der Waals surface area contributed by atoms with Crippen molar-refractivity contribution in [3.63, 3.8) is 0 Å². The van der Waals surface area contributed by atoms with Crippen molar-refractivity contribution in [2.24, 2.45) is 0 Å². The smallest absolute Gasteiger partial charge is 0.0522 e. The molecule has 3 heteroatoms. The fourth-order valence-corrected chi connectivity index (χ4v) is 3.59. The van der Waals surface area contributed by atoms with Crippen molar-refractivity contribution in [2.45, 2.75) is 4.90 Å². The van der Waals surface area contributed by atoms with Crippen LogP contribution in [0.5, 0.6) is 0 Å². The molecule has 0 amide bonds. The molecule has 1 aliphatic heterocycles. The first-order valence-corrected chi connectivity index (χ1v) is 6.56. The Morgan fingerprint density at radius 2 is 1.87 bits per heavy atom. The normalized spacial score (nSPS) is 12.6. The molecule has 15 heavy (non-hydrogen) atoms. The third-order valence-corrected chi connectivity index (χ3v) is 4.22. The minimum atomic E-state index is 1.21. The second kappa shape index (κ2) is 3.72. The van der Waals surface area contributed by atoms with Crippen LogP contribution < -0.4 is 4.72 Å². The van der Waals surface area contributed by atoms with Gasteiger partial charge in [-0.15, -0.1) is 0 Å². The summed E-state index contributed by atoms with van der Waals surface area (Å²) in [6.45, 7) is 0. The van der Waals surface area contributed by atoms with Crippen LogP contribution in [0.2, 0.25) is 0 Å². The zero-order valence-corrected chi connectivity index (χ0v) is 10.8. The highest BCUT2D eigenvalue weighted by Crippen LogP contribution is 2.43. The van der Waals surface area contributed by atoms with Gasteiger partial charge < -0.3 is 4.72 Å². The largest absolute Gasteiger partial charge is 0.325 e. The second-order valence-electron chi connectivity index (χ2n) is 3.36. The van der Waals surface area contributed by atoms with Crippen molar-refractivity contribution in [1.82, 2.24) is 0 Å². The molecule has 0 saturated carbocycles. The molecule has 1 N–H and O–H groups in total. The number of anilines is 1. The van der Waals surface area contributed by atoms with Crippen molar-refractivity contribution in [3.8, 4) is 11.1 Å². The lowest BCUT2D eigenvalue weighted by Gasteiger charge is -2.21. The summed E-state index contributed by atoms with van der Waals surface area (Å²) < 4.78 is 4.67. The van der Waals surface area contributed by atoms with Gasteiger partial charge in [0.2, 0.25) is 0 Å². The van der Waals surface area contributed by atoms with Crippen LogP contribution in [-0.2, 0) is 0 Å². The summed E-state index contributed by atoms with van der Waals surface area (Å²) in [6, 6.07) is 14.9. The van der Waals surface area contributed by atoms with E-state index in [1.54, 1.807) is 11.9 Å². The third kappa shape index (κ3) is 1.54. The Labute approximate surface area is 107 Å².